The summed E-state index contributed by atoms with van der Waals surface area (Å²) in [4.78, 5) is 68.7. The summed E-state index contributed by atoms with van der Waals surface area (Å²) < 4.78 is 0. The van der Waals surface area contributed by atoms with Crippen LogP contribution in [0.5, 0.6) is 0 Å². The van der Waals surface area contributed by atoms with Crippen molar-refractivity contribution in [2.24, 2.45) is 0 Å². The predicted molar refractivity (Wildman–Crippen MR) is 300 cm³/mol. The van der Waals surface area contributed by atoms with Crippen molar-refractivity contribution in [2.45, 2.75) is 12.8 Å². The van der Waals surface area contributed by atoms with Crippen molar-refractivity contribution in [3.05, 3.63) is 239 Å². The first-order valence-electron chi connectivity index (χ1n) is 23.3. The minimum absolute atomic E-state index is 0.107. The van der Waals surface area contributed by atoms with Crippen LogP contribution < -0.4 is 16.7 Å². The Morgan fingerprint density at radius 3 is 1.40 bits per heavy atom. The summed E-state index contributed by atoms with van der Waals surface area (Å²) in [5, 5.41) is 1.67. The first-order chi connectivity index (χ1) is 35.3. The van der Waals surface area contributed by atoms with Crippen molar-refractivity contribution in [1.82, 2.24) is 29.9 Å². The smallest absolute Gasteiger partial charge is 0.259 e. The van der Waals surface area contributed by atoms with Gasteiger partial charge in [0.05, 0.1) is 32.7 Å². The van der Waals surface area contributed by atoms with Crippen molar-refractivity contribution in [3.8, 4) is 53.6 Å². The van der Waals surface area contributed by atoms with Crippen LogP contribution in [0.3, 0.4) is 0 Å². The van der Waals surface area contributed by atoms with E-state index in [9.17, 15) is 14.4 Å². The number of nitrogens with zero attached hydrogens (tertiary/aromatic N) is 3. The summed E-state index contributed by atoms with van der Waals surface area (Å²) in [6, 6.07) is 58.7. The second-order valence-electron chi connectivity index (χ2n) is 17.3. The molecule has 0 saturated carbocycles. The van der Waals surface area contributed by atoms with Crippen LogP contribution >= 0.6 is 34.0 Å². The molecule has 0 fully saturated rings. The third-order valence-electron chi connectivity index (χ3n) is 12.5. The van der Waals surface area contributed by atoms with Crippen molar-refractivity contribution in [2.75, 3.05) is 0 Å². The van der Waals surface area contributed by atoms with Crippen molar-refractivity contribution in [3.63, 3.8) is 0 Å². The summed E-state index contributed by atoms with van der Waals surface area (Å²) in [6.07, 6.45) is 9.08. The molecule has 12 heteroatoms. The van der Waals surface area contributed by atoms with Gasteiger partial charge in [-0.2, -0.15) is 0 Å². The van der Waals surface area contributed by atoms with E-state index in [1.807, 2.05) is 97.1 Å². The minimum atomic E-state index is -0.192. The Kier molecular flexibility index (Phi) is 11.9. The van der Waals surface area contributed by atoms with Gasteiger partial charge in [0.15, 0.2) is 0 Å². The Morgan fingerprint density at radius 1 is 0.361 bits per heavy atom. The molecule has 346 valence electrons. The third-order valence-corrected chi connectivity index (χ3v) is 15.9. The van der Waals surface area contributed by atoms with Crippen molar-refractivity contribution < 1.29 is 0 Å². The number of nitrogens with one attached hydrogen (secondary N) is 3. The highest BCUT2D eigenvalue weighted by Gasteiger charge is 2.12. The van der Waals surface area contributed by atoms with Gasteiger partial charge < -0.3 is 15.0 Å². The Balaban J connectivity index is 0.701. The number of hydrogen-bond acceptors (Lipinski definition) is 9. The van der Waals surface area contributed by atoms with Gasteiger partial charge in [-0.15, -0.1) is 34.0 Å². The van der Waals surface area contributed by atoms with Gasteiger partial charge in [-0.25, -0.2) is 15.0 Å². The fourth-order valence-corrected chi connectivity index (χ4v) is 11.6. The molecule has 0 unspecified atom stereocenters. The van der Waals surface area contributed by atoms with Gasteiger partial charge in [0.25, 0.3) is 16.7 Å². The van der Waals surface area contributed by atoms with Gasteiger partial charge in [-0.05, 0) is 142 Å². The van der Waals surface area contributed by atoms with E-state index in [2.05, 4.69) is 117 Å². The van der Waals surface area contributed by atoms with Crippen LogP contribution in [-0.4, -0.2) is 29.9 Å². The van der Waals surface area contributed by atoms with Gasteiger partial charge in [0.2, 0.25) is 0 Å². The van der Waals surface area contributed by atoms with E-state index in [0.29, 0.717) is 56.6 Å². The van der Waals surface area contributed by atoms with E-state index in [1.165, 1.54) is 15.3 Å². The van der Waals surface area contributed by atoms with Crippen LogP contribution in [0.4, 0.5) is 0 Å². The molecule has 0 bridgehead atoms. The zero-order valence-corrected chi connectivity index (χ0v) is 40.7. The number of thiophene rings is 3. The summed E-state index contributed by atoms with van der Waals surface area (Å²) in [7, 11) is 0. The fourth-order valence-electron chi connectivity index (χ4n) is 8.77. The summed E-state index contributed by atoms with van der Waals surface area (Å²) >= 11 is 5.08. The summed E-state index contributed by atoms with van der Waals surface area (Å²) in [6.45, 7) is 0. The number of fused-ring (bicyclic) bond motifs is 3. The first kappa shape index (κ1) is 44.5. The van der Waals surface area contributed by atoms with Crippen LogP contribution in [0.25, 0.3) is 111 Å². The van der Waals surface area contributed by atoms with E-state index in [-0.39, 0.29) is 16.7 Å². The lowest BCUT2D eigenvalue weighted by Crippen LogP contribution is -2.12. The second-order valence-corrected chi connectivity index (χ2v) is 20.7. The maximum atomic E-state index is 13.2. The lowest BCUT2D eigenvalue weighted by atomic mass is 10.0. The van der Waals surface area contributed by atoms with Crippen molar-refractivity contribution >= 4 is 91.0 Å². The maximum Gasteiger partial charge on any atom is 0.259 e. The van der Waals surface area contributed by atoms with E-state index < -0.39 is 0 Å². The van der Waals surface area contributed by atoms with Gasteiger partial charge in [-0.3, -0.25) is 14.4 Å². The van der Waals surface area contributed by atoms with Crippen LogP contribution in [0, 0.1) is 0 Å². The average molecular weight is 989 g/mol. The average Bonchev–Trinajstić information content (AvgIpc) is 4.22. The molecular formula is C60H40N6O3S3. The zero-order valence-electron chi connectivity index (χ0n) is 38.3. The fraction of sp³-hybridized carbons (Fsp3) is 0.0333. The molecule has 72 heavy (non-hydrogen) atoms. The molecule has 9 nitrogen and oxygen atoms in total. The Morgan fingerprint density at radius 2 is 0.819 bits per heavy atom. The van der Waals surface area contributed by atoms with E-state index in [0.717, 1.165) is 59.3 Å². The molecule has 6 heterocycles. The Bertz CT molecular complexity index is 4240. The highest BCUT2D eigenvalue weighted by Crippen LogP contribution is 2.34. The molecular weight excluding hydrogens is 949 g/mol. The molecule has 12 rings (SSSR count). The predicted octanol–water partition coefficient (Wildman–Crippen LogP) is 14.0. The van der Waals surface area contributed by atoms with Gasteiger partial charge in [0, 0.05) is 35.7 Å². The molecule has 6 aromatic heterocycles. The Labute approximate surface area is 423 Å². The van der Waals surface area contributed by atoms with Gasteiger partial charge in [0.1, 0.15) is 17.5 Å². The van der Waals surface area contributed by atoms with Crippen LogP contribution in [0.1, 0.15) is 32.1 Å². The Hall–Kier alpha value is -8.68. The lowest BCUT2D eigenvalue weighted by Gasteiger charge is -2.06. The molecule has 6 aromatic carbocycles. The lowest BCUT2D eigenvalue weighted by molar-refractivity contribution is 0.871. The third kappa shape index (κ3) is 9.37. The monoisotopic (exact) mass is 988 g/mol. The molecule has 0 amide bonds. The number of rotatable bonds is 12. The molecule has 0 spiro atoms. The van der Waals surface area contributed by atoms with Crippen LogP contribution in [0.2, 0.25) is 0 Å². The van der Waals surface area contributed by atoms with Crippen LogP contribution in [-0.2, 0) is 12.8 Å². The normalized spacial score (nSPS) is 11.8. The van der Waals surface area contributed by atoms with E-state index in [4.69, 9.17) is 9.97 Å². The standard InChI is InChI=1S/C60H40N6O3S3/c67-58-46-8-4-5-9-49(46)61-55(64-58)31-23-44-21-29-53(71-44)39-14-10-36(11-15-39)42-19-27-48-51(35-42)63-57(66-60(48)69)33-25-45-22-30-54(72-45)40-16-12-37(13-17-40)41-18-26-47-50(34-41)62-56(65-59(47)68)32-24-43-20-28-52(70-43)38-6-2-1-3-7-38/h1-22,24-30,32-35H,23,31H2,(H,61,64,67)(H,62,65,68)(H,63,66,69)/b32-24+,33-25+. The number of aromatic nitrogens is 6. The molecule has 0 aliphatic carbocycles. The van der Waals surface area contributed by atoms with E-state index >= 15 is 0 Å². The quantitative estimate of drug-likeness (QED) is 0.111. The molecule has 0 radical (unpaired) electrons. The summed E-state index contributed by atoms with van der Waals surface area (Å²) in [5.41, 5.74) is 8.85. The molecule has 12 aromatic rings. The number of para-hydroxylation sites is 1. The molecule has 0 atom stereocenters. The SMILES string of the molecule is O=c1[nH]c(/C=C/c2ccc(-c3ccccc3)s2)nc2cc(-c3ccc(-c4ccc(/C=C/c5nc6cc(-c7ccc(-c8ccc(CCc9nc%10ccccc%10c(=O)[nH]9)s8)cc7)ccc6c(=O)[nH]5)s4)cc3)ccc12. The number of benzene rings is 6. The van der Waals surface area contributed by atoms with E-state index in [1.54, 1.807) is 40.1 Å². The van der Waals surface area contributed by atoms with Gasteiger partial charge in [-0.1, -0.05) is 103 Å². The number of hydrogen-bond donors (Lipinski definition) is 3. The van der Waals surface area contributed by atoms with Crippen LogP contribution in [0.15, 0.2) is 190 Å². The first-order valence-corrected chi connectivity index (χ1v) is 25.7. The molecule has 0 aliphatic rings. The topological polar surface area (TPSA) is 137 Å². The number of aromatic amines is 3. The van der Waals surface area contributed by atoms with Gasteiger partial charge >= 0.3 is 0 Å². The highest BCUT2D eigenvalue weighted by atomic mass is 32.1. The summed E-state index contributed by atoms with van der Waals surface area (Å²) in [5.74, 6) is 1.67. The number of H-pyrrole nitrogens is 3. The molecule has 3 N–H and O–H groups in total. The highest BCUT2D eigenvalue weighted by molar-refractivity contribution is 7.16. The number of aryl methyl sites for hydroxylation is 2. The minimum Gasteiger partial charge on any atom is -0.310 e. The molecule has 0 aliphatic heterocycles. The van der Waals surface area contributed by atoms with Crippen molar-refractivity contribution in [1.29, 1.82) is 0 Å². The molecule has 0 saturated heterocycles. The maximum absolute atomic E-state index is 13.2. The largest absolute Gasteiger partial charge is 0.310 e. The zero-order chi connectivity index (χ0) is 48.5. The second kappa shape index (κ2) is 19.3.